The lowest BCUT2D eigenvalue weighted by molar-refractivity contribution is 0.119. The number of halogens is 2. The van der Waals surface area contributed by atoms with Gasteiger partial charge in [0, 0.05) is 15.5 Å². The van der Waals surface area contributed by atoms with Crippen molar-refractivity contribution in [3.8, 4) is 0 Å². The van der Waals surface area contributed by atoms with E-state index >= 15 is 0 Å². The smallest absolute Gasteiger partial charge is 0.0410 e. The Kier molecular flexibility index (Phi) is 6.34. The average Bonchev–Trinajstić information content (AvgIpc) is 2.42. The fourth-order valence-corrected chi connectivity index (χ4v) is 3.83. The third-order valence-corrected chi connectivity index (χ3v) is 5.07. The van der Waals surface area contributed by atoms with Crippen LogP contribution in [0.5, 0.6) is 0 Å². The number of likely N-dealkylation sites (tertiary alicyclic amines) is 1. The molecule has 0 aliphatic carbocycles. The van der Waals surface area contributed by atoms with Crippen LogP contribution in [0.2, 0.25) is 5.02 Å². The van der Waals surface area contributed by atoms with E-state index in [0.717, 1.165) is 24.7 Å². The Morgan fingerprint density at radius 1 is 1.45 bits per heavy atom. The van der Waals surface area contributed by atoms with E-state index in [4.69, 9.17) is 11.6 Å². The minimum absolute atomic E-state index is 0.446. The molecule has 1 aliphatic rings. The van der Waals surface area contributed by atoms with Crippen molar-refractivity contribution in [1.29, 1.82) is 0 Å². The fraction of sp³-hybridized carbons (Fsp3) is 0.625. The Morgan fingerprint density at radius 2 is 2.25 bits per heavy atom. The summed E-state index contributed by atoms with van der Waals surface area (Å²) in [5.41, 5.74) is 1.32. The predicted octanol–water partition coefficient (Wildman–Crippen LogP) is 4.49. The third kappa shape index (κ3) is 3.97. The van der Waals surface area contributed by atoms with Crippen molar-refractivity contribution in [3.63, 3.8) is 0 Å². The van der Waals surface area contributed by atoms with Crippen LogP contribution in [0.3, 0.4) is 0 Å². The van der Waals surface area contributed by atoms with Gasteiger partial charge in [-0.15, -0.1) is 0 Å². The van der Waals surface area contributed by atoms with E-state index in [0.29, 0.717) is 12.0 Å². The summed E-state index contributed by atoms with van der Waals surface area (Å²) in [5.74, 6) is 0.648. The maximum Gasteiger partial charge on any atom is 0.0410 e. The van der Waals surface area contributed by atoms with Crippen LogP contribution in [0.15, 0.2) is 22.7 Å². The first-order valence-electron chi connectivity index (χ1n) is 7.49. The fourth-order valence-electron chi connectivity index (χ4n) is 3.17. The van der Waals surface area contributed by atoms with Gasteiger partial charge < -0.3 is 5.32 Å². The Balaban J connectivity index is 2.20. The minimum atomic E-state index is 0.446. The first-order valence-corrected chi connectivity index (χ1v) is 8.66. The summed E-state index contributed by atoms with van der Waals surface area (Å²) >= 11 is 9.90. The Morgan fingerprint density at radius 3 is 3.00 bits per heavy atom. The zero-order chi connectivity index (χ0) is 14.5. The van der Waals surface area contributed by atoms with Crippen LogP contribution >= 0.6 is 27.5 Å². The minimum Gasteiger partial charge on any atom is -0.316 e. The van der Waals surface area contributed by atoms with Gasteiger partial charge in [0.15, 0.2) is 0 Å². The summed E-state index contributed by atoms with van der Waals surface area (Å²) in [5, 5.41) is 4.41. The van der Waals surface area contributed by atoms with Crippen LogP contribution in [-0.2, 0) is 0 Å². The van der Waals surface area contributed by atoms with Crippen LogP contribution in [0.1, 0.15) is 37.8 Å². The van der Waals surface area contributed by atoms with E-state index in [-0.39, 0.29) is 0 Å². The van der Waals surface area contributed by atoms with Crippen LogP contribution in [0.25, 0.3) is 0 Å². The lowest BCUT2D eigenvalue weighted by Gasteiger charge is -2.40. The molecule has 20 heavy (non-hydrogen) atoms. The van der Waals surface area contributed by atoms with Gasteiger partial charge in [0.2, 0.25) is 0 Å². The van der Waals surface area contributed by atoms with Crippen molar-refractivity contribution in [2.45, 2.75) is 32.2 Å². The maximum absolute atomic E-state index is 6.20. The van der Waals surface area contributed by atoms with E-state index in [9.17, 15) is 0 Å². The van der Waals surface area contributed by atoms with Crippen LogP contribution in [0, 0.1) is 5.92 Å². The molecule has 1 heterocycles. The Labute approximate surface area is 136 Å². The molecule has 1 aromatic rings. The summed E-state index contributed by atoms with van der Waals surface area (Å²) in [6.45, 7) is 5.56. The largest absolute Gasteiger partial charge is 0.316 e. The molecule has 0 spiro atoms. The second kappa shape index (κ2) is 7.79. The Bertz CT molecular complexity index is 438. The molecule has 1 fully saturated rings. The number of hydrogen-bond donors (Lipinski definition) is 1. The van der Waals surface area contributed by atoms with E-state index in [2.05, 4.69) is 52.3 Å². The highest BCUT2D eigenvalue weighted by molar-refractivity contribution is 9.10. The highest BCUT2D eigenvalue weighted by atomic mass is 79.9. The summed E-state index contributed by atoms with van der Waals surface area (Å²) < 4.78 is 1.17. The first-order chi connectivity index (χ1) is 9.63. The molecular formula is C16H24BrClN2. The summed E-state index contributed by atoms with van der Waals surface area (Å²) in [6.07, 6.45) is 3.75. The number of hydrogen-bond acceptors (Lipinski definition) is 2. The first kappa shape index (κ1) is 16.3. The van der Waals surface area contributed by atoms with Crippen molar-refractivity contribution in [1.82, 2.24) is 10.2 Å². The quantitative estimate of drug-likeness (QED) is 0.779. The molecule has 2 rings (SSSR count). The molecule has 0 aromatic heterocycles. The monoisotopic (exact) mass is 358 g/mol. The molecule has 2 nitrogen and oxygen atoms in total. The molecule has 0 saturated carbocycles. The number of rotatable bonds is 5. The lowest BCUT2D eigenvalue weighted by Crippen LogP contribution is -2.40. The standard InChI is InChI=1S/C16H24BrClN2/c1-3-8-19-11-12-5-4-9-20(2)16(12)14-10-13(18)6-7-15(14)17/h6-7,10,12,16,19H,3-5,8-9,11H2,1-2H3. The zero-order valence-electron chi connectivity index (χ0n) is 12.3. The zero-order valence-corrected chi connectivity index (χ0v) is 14.7. The average molecular weight is 360 g/mol. The van der Waals surface area contributed by atoms with Crippen molar-refractivity contribution < 1.29 is 0 Å². The van der Waals surface area contributed by atoms with Gasteiger partial charge in [-0.25, -0.2) is 0 Å². The van der Waals surface area contributed by atoms with E-state index in [1.807, 2.05) is 6.07 Å². The molecule has 1 aliphatic heterocycles. The molecule has 1 saturated heterocycles. The van der Waals surface area contributed by atoms with Crippen molar-refractivity contribution >= 4 is 27.5 Å². The van der Waals surface area contributed by atoms with Gasteiger partial charge in [0.1, 0.15) is 0 Å². The SMILES string of the molecule is CCCNCC1CCCN(C)C1c1cc(Cl)ccc1Br. The molecule has 2 unspecified atom stereocenters. The molecule has 0 amide bonds. The van der Waals surface area contributed by atoms with E-state index < -0.39 is 0 Å². The second-order valence-corrected chi connectivity index (χ2v) is 6.99. The van der Waals surface area contributed by atoms with E-state index in [1.165, 1.54) is 29.3 Å². The number of benzene rings is 1. The molecule has 2 atom stereocenters. The second-order valence-electron chi connectivity index (χ2n) is 5.70. The molecule has 0 radical (unpaired) electrons. The van der Waals surface area contributed by atoms with Gasteiger partial charge in [0.25, 0.3) is 0 Å². The topological polar surface area (TPSA) is 15.3 Å². The molecule has 1 N–H and O–H groups in total. The number of piperidine rings is 1. The van der Waals surface area contributed by atoms with Gasteiger partial charge in [-0.2, -0.15) is 0 Å². The lowest BCUT2D eigenvalue weighted by atomic mass is 9.85. The predicted molar refractivity (Wildman–Crippen MR) is 90.4 cm³/mol. The van der Waals surface area contributed by atoms with Crippen molar-refractivity contribution in [3.05, 3.63) is 33.3 Å². The van der Waals surface area contributed by atoms with Gasteiger partial charge in [-0.05, 0) is 75.6 Å². The highest BCUT2D eigenvalue weighted by Crippen LogP contribution is 2.39. The van der Waals surface area contributed by atoms with Crippen molar-refractivity contribution in [2.75, 3.05) is 26.7 Å². The van der Waals surface area contributed by atoms with Crippen LogP contribution in [0.4, 0.5) is 0 Å². The highest BCUT2D eigenvalue weighted by Gasteiger charge is 2.31. The molecule has 4 heteroatoms. The van der Waals surface area contributed by atoms with Crippen LogP contribution < -0.4 is 5.32 Å². The molecule has 0 bridgehead atoms. The van der Waals surface area contributed by atoms with Gasteiger partial charge in [0.05, 0.1) is 0 Å². The van der Waals surface area contributed by atoms with E-state index in [1.54, 1.807) is 0 Å². The van der Waals surface area contributed by atoms with Gasteiger partial charge in [-0.1, -0.05) is 34.5 Å². The van der Waals surface area contributed by atoms with Gasteiger partial charge in [-0.3, -0.25) is 4.90 Å². The molecular weight excluding hydrogens is 336 g/mol. The van der Waals surface area contributed by atoms with Crippen molar-refractivity contribution in [2.24, 2.45) is 5.92 Å². The van der Waals surface area contributed by atoms with Gasteiger partial charge >= 0.3 is 0 Å². The summed E-state index contributed by atoms with van der Waals surface area (Å²) in [7, 11) is 2.23. The number of nitrogens with zero attached hydrogens (tertiary/aromatic N) is 1. The molecule has 1 aromatic carbocycles. The maximum atomic E-state index is 6.20. The number of nitrogens with one attached hydrogen (secondary N) is 1. The summed E-state index contributed by atoms with van der Waals surface area (Å²) in [4.78, 5) is 2.47. The van der Waals surface area contributed by atoms with Crippen LogP contribution in [-0.4, -0.2) is 31.6 Å². The normalized spacial score (nSPS) is 24.0. The third-order valence-electron chi connectivity index (χ3n) is 4.12. The Hall–Kier alpha value is -0.0900. The molecule has 112 valence electrons. The summed E-state index contributed by atoms with van der Waals surface area (Å²) in [6, 6.07) is 6.57.